The quantitative estimate of drug-likeness (QED) is 0.819. The lowest BCUT2D eigenvalue weighted by Crippen LogP contribution is -2.27. The third kappa shape index (κ3) is 1.69. The normalized spacial score (nSPS) is 19.9. The average Bonchev–Trinajstić information content (AvgIpc) is 2.94. The molecule has 2 aromatic rings. The summed E-state index contributed by atoms with van der Waals surface area (Å²) < 4.78 is 5.61. The van der Waals surface area contributed by atoms with Gasteiger partial charge in [-0.15, -0.1) is 0 Å². The molecule has 0 saturated carbocycles. The van der Waals surface area contributed by atoms with E-state index in [1.54, 1.807) is 6.26 Å². The molecule has 3 rings (SSSR count). The monoisotopic (exact) mass is 247 g/mol. The SMILES string of the molecule is CCc1coc2c(N3CCC(N)C3)nc(N)nc12. The van der Waals surface area contributed by atoms with Gasteiger partial charge in [0.1, 0.15) is 5.52 Å². The molecule has 0 aliphatic carbocycles. The first-order valence-electron chi connectivity index (χ1n) is 6.23. The van der Waals surface area contributed by atoms with Crippen LogP contribution in [0.3, 0.4) is 0 Å². The molecular weight excluding hydrogens is 230 g/mol. The number of nitrogens with zero attached hydrogens (tertiary/aromatic N) is 3. The van der Waals surface area contributed by atoms with Gasteiger partial charge in [-0.25, -0.2) is 4.98 Å². The largest absolute Gasteiger partial charge is 0.458 e. The lowest BCUT2D eigenvalue weighted by molar-refractivity contribution is 0.607. The van der Waals surface area contributed by atoms with E-state index in [1.165, 1.54) is 0 Å². The number of aryl methyl sites for hydroxylation is 1. The topological polar surface area (TPSA) is 94.2 Å². The Hall–Kier alpha value is -1.82. The summed E-state index contributed by atoms with van der Waals surface area (Å²) in [6.45, 7) is 3.73. The van der Waals surface area contributed by atoms with Gasteiger partial charge < -0.3 is 20.8 Å². The molecule has 1 saturated heterocycles. The first kappa shape index (κ1) is 11.3. The van der Waals surface area contributed by atoms with Crippen LogP contribution in [-0.4, -0.2) is 29.1 Å². The highest BCUT2D eigenvalue weighted by molar-refractivity contribution is 5.87. The number of hydrogen-bond acceptors (Lipinski definition) is 6. The van der Waals surface area contributed by atoms with Crippen molar-refractivity contribution in [3.63, 3.8) is 0 Å². The molecule has 0 aromatic carbocycles. The van der Waals surface area contributed by atoms with E-state index in [-0.39, 0.29) is 12.0 Å². The molecular formula is C12H17N5O. The molecule has 0 bridgehead atoms. The minimum Gasteiger partial charge on any atom is -0.458 e. The number of nitrogens with two attached hydrogens (primary N) is 2. The summed E-state index contributed by atoms with van der Waals surface area (Å²) in [5.41, 5.74) is 14.3. The zero-order chi connectivity index (χ0) is 12.7. The summed E-state index contributed by atoms with van der Waals surface area (Å²) in [5, 5.41) is 0. The van der Waals surface area contributed by atoms with Gasteiger partial charge in [-0.05, 0) is 12.8 Å². The van der Waals surface area contributed by atoms with Crippen molar-refractivity contribution in [2.75, 3.05) is 23.7 Å². The van der Waals surface area contributed by atoms with Crippen LogP contribution in [0.25, 0.3) is 11.1 Å². The maximum atomic E-state index is 5.93. The van der Waals surface area contributed by atoms with E-state index in [0.29, 0.717) is 0 Å². The average molecular weight is 247 g/mol. The van der Waals surface area contributed by atoms with Gasteiger partial charge in [0.05, 0.1) is 6.26 Å². The van der Waals surface area contributed by atoms with Crippen LogP contribution in [0.2, 0.25) is 0 Å². The Morgan fingerprint density at radius 1 is 1.50 bits per heavy atom. The molecule has 1 unspecified atom stereocenters. The van der Waals surface area contributed by atoms with Gasteiger partial charge in [-0.3, -0.25) is 0 Å². The number of aromatic nitrogens is 2. The molecule has 1 fully saturated rings. The molecule has 1 aliphatic heterocycles. The van der Waals surface area contributed by atoms with Crippen molar-refractivity contribution >= 4 is 22.9 Å². The number of furan rings is 1. The maximum absolute atomic E-state index is 5.93. The molecule has 1 aliphatic rings. The number of nitrogen functional groups attached to an aromatic ring is 1. The number of hydrogen-bond donors (Lipinski definition) is 2. The van der Waals surface area contributed by atoms with E-state index >= 15 is 0 Å². The highest BCUT2D eigenvalue weighted by Crippen LogP contribution is 2.30. The minimum absolute atomic E-state index is 0.192. The van der Waals surface area contributed by atoms with Crippen LogP contribution < -0.4 is 16.4 Å². The van der Waals surface area contributed by atoms with Crippen LogP contribution >= 0.6 is 0 Å². The third-order valence-corrected chi connectivity index (χ3v) is 3.39. The number of rotatable bonds is 2. The van der Waals surface area contributed by atoms with Gasteiger partial charge in [0, 0.05) is 24.7 Å². The summed E-state index contributed by atoms with van der Waals surface area (Å²) >= 11 is 0. The lowest BCUT2D eigenvalue weighted by Gasteiger charge is -2.16. The number of fused-ring (bicyclic) bond motifs is 1. The third-order valence-electron chi connectivity index (χ3n) is 3.39. The standard InChI is InChI=1S/C12H17N5O/c1-2-7-6-18-10-9(7)15-12(14)16-11(10)17-4-3-8(13)5-17/h6,8H,2-5,13H2,1H3,(H2,14,15,16). The molecule has 1 atom stereocenters. The van der Waals surface area contributed by atoms with Crippen molar-refractivity contribution in [2.24, 2.45) is 5.73 Å². The van der Waals surface area contributed by atoms with E-state index in [4.69, 9.17) is 15.9 Å². The predicted octanol–water partition coefficient (Wildman–Crippen LogP) is 0.905. The van der Waals surface area contributed by atoms with Crippen molar-refractivity contribution in [1.82, 2.24) is 9.97 Å². The second kappa shape index (κ2) is 4.13. The maximum Gasteiger partial charge on any atom is 0.222 e. The molecule has 0 radical (unpaired) electrons. The van der Waals surface area contributed by atoms with Crippen molar-refractivity contribution in [3.05, 3.63) is 11.8 Å². The minimum atomic E-state index is 0.192. The van der Waals surface area contributed by atoms with Crippen molar-refractivity contribution < 1.29 is 4.42 Å². The molecule has 96 valence electrons. The Labute approximate surface area is 105 Å². The Morgan fingerprint density at radius 3 is 3.00 bits per heavy atom. The van der Waals surface area contributed by atoms with Crippen LogP contribution in [0, 0.1) is 0 Å². The van der Waals surface area contributed by atoms with E-state index in [1.807, 2.05) is 0 Å². The summed E-state index contributed by atoms with van der Waals surface area (Å²) in [6, 6.07) is 0.192. The molecule has 0 amide bonds. The Kier molecular flexibility index (Phi) is 2.59. The second-order valence-corrected chi connectivity index (χ2v) is 4.69. The molecule has 2 aromatic heterocycles. The van der Waals surface area contributed by atoms with Crippen LogP contribution in [0.15, 0.2) is 10.7 Å². The summed E-state index contributed by atoms with van der Waals surface area (Å²) in [7, 11) is 0. The molecule has 18 heavy (non-hydrogen) atoms. The molecule has 6 heteroatoms. The fourth-order valence-electron chi connectivity index (χ4n) is 2.41. The van der Waals surface area contributed by atoms with Gasteiger partial charge in [0.25, 0.3) is 0 Å². The smallest absolute Gasteiger partial charge is 0.222 e. The summed E-state index contributed by atoms with van der Waals surface area (Å²) in [4.78, 5) is 10.7. The highest BCUT2D eigenvalue weighted by Gasteiger charge is 2.25. The van der Waals surface area contributed by atoms with Gasteiger partial charge >= 0.3 is 0 Å². The van der Waals surface area contributed by atoms with Gasteiger partial charge in [0.15, 0.2) is 11.4 Å². The molecule has 0 spiro atoms. The van der Waals surface area contributed by atoms with Crippen LogP contribution in [0.4, 0.5) is 11.8 Å². The van der Waals surface area contributed by atoms with Crippen molar-refractivity contribution in [3.8, 4) is 0 Å². The predicted molar refractivity (Wildman–Crippen MR) is 70.4 cm³/mol. The van der Waals surface area contributed by atoms with Crippen LogP contribution in [0.5, 0.6) is 0 Å². The van der Waals surface area contributed by atoms with E-state index in [2.05, 4.69) is 21.8 Å². The van der Waals surface area contributed by atoms with Crippen LogP contribution in [0.1, 0.15) is 18.9 Å². The fraction of sp³-hybridized carbons (Fsp3) is 0.500. The number of anilines is 2. The van der Waals surface area contributed by atoms with Gasteiger partial charge in [-0.2, -0.15) is 4.98 Å². The first-order chi connectivity index (χ1) is 8.69. The lowest BCUT2D eigenvalue weighted by atomic mass is 10.2. The Bertz CT molecular complexity index is 579. The van der Waals surface area contributed by atoms with E-state index < -0.39 is 0 Å². The summed E-state index contributed by atoms with van der Waals surface area (Å²) in [5.74, 6) is 1.05. The zero-order valence-corrected chi connectivity index (χ0v) is 10.4. The molecule has 3 heterocycles. The molecule has 6 nitrogen and oxygen atoms in total. The Balaban J connectivity index is 2.13. The van der Waals surface area contributed by atoms with E-state index in [9.17, 15) is 0 Å². The molecule has 4 N–H and O–H groups in total. The highest BCUT2D eigenvalue weighted by atomic mass is 16.3. The van der Waals surface area contributed by atoms with Gasteiger partial charge in [0.2, 0.25) is 5.95 Å². The second-order valence-electron chi connectivity index (χ2n) is 4.69. The fourth-order valence-corrected chi connectivity index (χ4v) is 2.41. The van der Waals surface area contributed by atoms with E-state index in [0.717, 1.165) is 48.4 Å². The Morgan fingerprint density at radius 2 is 2.33 bits per heavy atom. The summed E-state index contributed by atoms with van der Waals surface area (Å²) in [6.07, 6.45) is 3.56. The van der Waals surface area contributed by atoms with Crippen molar-refractivity contribution in [2.45, 2.75) is 25.8 Å². The van der Waals surface area contributed by atoms with Gasteiger partial charge in [-0.1, -0.05) is 6.92 Å². The zero-order valence-electron chi connectivity index (χ0n) is 10.4. The van der Waals surface area contributed by atoms with Crippen molar-refractivity contribution in [1.29, 1.82) is 0 Å². The first-order valence-corrected chi connectivity index (χ1v) is 6.23. The van der Waals surface area contributed by atoms with Crippen LogP contribution in [-0.2, 0) is 6.42 Å².